The molecular formula is C29H39F3O3. The standard InChI is InChI=1S/C29H39F3O3/c1-3-5-7-9-10-11-13-15-22-16-19-26(28(32)27(22)31)35-29(33)24-18-17-23(21-25(24)30)34-20-14-12-8-6-4-2/h16-19,21H,3-15,20H2,1-2H3. The van der Waals surface area contributed by atoms with Gasteiger partial charge in [0.15, 0.2) is 11.6 Å². The molecule has 0 aliphatic rings. The van der Waals surface area contributed by atoms with Crippen molar-refractivity contribution in [3.8, 4) is 11.5 Å². The minimum Gasteiger partial charge on any atom is -0.493 e. The highest BCUT2D eigenvalue weighted by Crippen LogP contribution is 2.26. The van der Waals surface area contributed by atoms with Gasteiger partial charge in [-0.25, -0.2) is 13.6 Å². The Kier molecular flexibility index (Phi) is 13.3. The zero-order valence-corrected chi connectivity index (χ0v) is 21.1. The van der Waals surface area contributed by atoms with Gasteiger partial charge in [0.05, 0.1) is 12.2 Å². The summed E-state index contributed by atoms with van der Waals surface area (Å²) in [6.45, 7) is 4.77. The molecule has 2 aromatic rings. The van der Waals surface area contributed by atoms with E-state index >= 15 is 0 Å². The van der Waals surface area contributed by atoms with Crippen LogP contribution in [0.2, 0.25) is 0 Å². The highest BCUT2D eigenvalue weighted by molar-refractivity contribution is 5.91. The van der Waals surface area contributed by atoms with Crippen LogP contribution in [-0.2, 0) is 6.42 Å². The van der Waals surface area contributed by atoms with Crippen molar-refractivity contribution in [2.75, 3.05) is 6.61 Å². The molecule has 0 aromatic heterocycles. The van der Waals surface area contributed by atoms with Gasteiger partial charge in [-0.3, -0.25) is 0 Å². The van der Waals surface area contributed by atoms with Crippen molar-refractivity contribution in [3.63, 3.8) is 0 Å². The number of unbranched alkanes of at least 4 members (excludes halogenated alkanes) is 10. The number of aryl methyl sites for hydroxylation is 1. The van der Waals surface area contributed by atoms with Crippen LogP contribution >= 0.6 is 0 Å². The number of ether oxygens (including phenoxy) is 2. The molecule has 3 nitrogen and oxygen atoms in total. The summed E-state index contributed by atoms with van der Waals surface area (Å²) in [6, 6.07) is 6.44. The summed E-state index contributed by atoms with van der Waals surface area (Å²) in [5, 5.41) is 0. The summed E-state index contributed by atoms with van der Waals surface area (Å²) < 4.78 is 53.9. The summed E-state index contributed by atoms with van der Waals surface area (Å²) in [5.74, 6) is -4.43. The summed E-state index contributed by atoms with van der Waals surface area (Å²) >= 11 is 0. The lowest BCUT2D eigenvalue weighted by Gasteiger charge is -2.11. The zero-order chi connectivity index (χ0) is 25.5. The lowest BCUT2D eigenvalue weighted by Crippen LogP contribution is -2.13. The highest BCUT2D eigenvalue weighted by Gasteiger charge is 2.20. The fraction of sp³-hybridized carbons (Fsp3) is 0.552. The molecule has 0 bridgehead atoms. The normalized spacial score (nSPS) is 11.0. The van der Waals surface area contributed by atoms with E-state index in [0.29, 0.717) is 18.8 Å². The Balaban J connectivity index is 1.87. The van der Waals surface area contributed by atoms with Gasteiger partial charge in [0, 0.05) is 6.07 Å². The second kappa shape index (κ2) is 16.2. The van der Waals surface area contributed by atoms with Gasteiger partial charge < -0.3 is 9.47 Å². The minimum atomic E-state index is -1.23. The Morgan fingerprint density at radius 3 is 2.03 bits per heavy atom. The number of benzene rings is 2. The van der Waals surface area contributed by atoms with Crippen LogP contribution in [0, 0.1) is 17.5 Å². The lowest BCUT2D eigenvalue weighted by atomic mass is 10.0. The van der Waals surface area contributed by atoms with Crippen LogP contribution in [0.3, 0.4) is 0 Å². The molecule has 0 aliphatic heterocycles. The molecule has 2 rings (SSSR count). The van der Waals surface area contributed by atoms with Gasteiger partial charge in [0.2, 0.25) is 5.82 Å². The van der Waals surface area contributed by atoms with Crippen LogP contribution in [0.4, 0.5) is 13.2 Å². The summed E-state index contributed by atoms with van der Waals surface area (Å²) in [5.41, 5.74) is -0.120. The predicted molar refractivity (Wildman–Crippen MR) is 134 cm³/mol. The topological polar surface area (TPSA) is 35.5 Å². The van der Waals surface area contributed by atoms with Gasteiger partial charge in [-0.2, -0.15) is 4.39 Å². The van der Waals surface area contributed by atoms with E-state index in [9.17, 15) is 18.0 Å². The average Bonchev–Trinajstić information content (AvgIpc) is 2.84. The maximum Gasteiger partial charge on any atom is 0.346 e. The van der Waals surface area contributed by atoms with Crippen LogP contribution in [0.5, 0.6) is 11.5 Å². The molecular weight excluding hydrogens is 453 g/mol. The Bertz CT molecular complexity index is 914. The van der Waals surface area contributed by atoms with E-state index in [2.05, 4.69) is 13.8 Å². The monoisotopic (exact) mass is 492 g/mol. The molecule has 0 atom stereocenters. The van der Waals surface area contributed by atoms with Crippen molar-refractivity contribution in [2.45, 2.75) is 97.3 Å². The summed E-state index contributed by atoms with van der Waals surface area (Å²) in [4.78, 5) is 12.4. The van der Waals surface area contributed by atoms with Gasteiger partial charge in [-0.15, -0.1) is 0 Å². The number of rotatable bonds is 17. The first kappa shape index (κ1) is 28.7. The third-order valence-corrected chi connectivity index (χ3v) is 6.06. The molecule has 2 aromatic carbocycles. The highest BCUT2D eigenvalue weighted by atomic mass is 19.2. The number of hydrogen-bond acceptors (Lipinski definition) is 3. The SMILES string of the molecule is CCCCCCCCCc1ccc(OC(=O)c2ccc(OCCCCCCC)cc2F)c(F)c1F. The van der Waals surface area contributed by atoms with Crippen molar-refractivity contribution >= 4 is 5.97 Å². The fourth-order valence-corrected chi connectivity index (χ4v) is 3.92. The maximum atomic E-state index is 14.5. The van der Waals surface area contributed by atoms with Gasteiger partial charge in [0.25, 0.3) is 0 Å². The average molecular weight is 493 g/mol. The van der Waals surface area contributed by atoms with Crippen LogP contribution < -0.4 is 9.47 Å². The number of carbonyl (C=O) groups is 1. The molecule has 0 heterocycles. The quantitative estimate of drug-likeness (QED) is 0.126. The third kappa shape index (κ3) is 9.95. The molecule has 35 heavy (non-hydrogen) atoms. The first-order valence-electron chi connectivity index (χ1n) is 13.1. The second-order valence-corrected chi connectivity index (χ2v) is 9.02. The molecule has 0 fully saturated rings. The molecule has 6 heteroatoms. The van der Waals surface area contributed by atoms with E-state index in [1.54, 1.807) is 0 Å². The fourth-order valence-electron chi connectivity index (χ4n) is 3.92. The van der Waals surface area contributed by atoms with E-state index in [-0.39, 0.29) is 11.1 Å². The van der Waals surface area contributed by atoms with Crippen LogP contribution in [0.1, 0.15) is 107 Å². The number of halogens is 3. The molecule has 0 unspecified atom stereocenters. The summed E-state index contributed by atoms with van der Waals surface area (Å²) in [7, 11) is 0. The summed E-state index contributed by atoms with van der Waals surface area (Å²) in [6.07, 6.45) is 13.4. The van der Waals surface area contributed by atoms with Crippen molar-refractivity contribution in [1.29, 1.82) is 0 Å². The molecule has 0 saturated heterocycles. The largest absolute Gasteiger partial charge is 0.493 e. The molecule has 0 aliphatic carbocycles. The first-order valence-corrected chi connectivity index (χ1v) is 13.1. The molecule has 0 saturated carbocycles. The van der Waals surface area contributed by atoms with Gasteiger partial charge in [0.1, 0.15) is 11.6 Å². The third-order valence-electron chi connectivity index (χ3n) is 6.06. The first-order chi connectivity index (χ1) is 17.0. The zero-order valence-electron chi connectivity index (χ0n) is 21.1. The maximum absolute atomic E-state index is 14.5. The van der Waals surface area contributed by atoms with E-state index in [4.69, 9.17) is 9.47 Å². The van der Waals surface area contributed by atoms with E-state index in [0.717, 1.165) is 57.4 Å². The van der Waals surface area contributed by atoms with Crippen LogP contribution in [0.15, 0.2) is 30.3 Å². The van der Waals surface area contributed by atoms with Crippen molar-refractivity contribution < 1.29 is 27.4 Å². The van der Waals surface area contributed by atoms with E-state index < -0.39 is 29.2 Å². The van der Waals surface area contributed by atoms with Crippen molar-refractivity contribution in [3.05, 3.63) is 58.9 Å². The molecule has 194 valence electrons. The van der Waals surface area contributed by atoms with E-state index in [1.807, 2.05) is 0 Å². The predicted octanol–water partition coefficient (Wildman–Crippen LogP) is 8.97. The lowest BCUT2D eigenvalue weighted by molar-refractivity contribution is 0.0721. The molecule has 0 radical (unpaired) electrons. The minimum absolute atomic E-state index is 0.248. The van der Waals surface area contributed by atoms with Crippen LogP contribution in [-0.4, -0.2) is 12.6 Å². The Labute approximate surface area is 208 Å². The Morgan fingerprint density at radius 1 is 0.743 bits per heavy atom. The molecule has 0 N–H and O–H groups in total. The Hall–Kier alpha value is -2.50. The van der Waals surface area contributed by atoms with E-state index in [1.165, 1.54) is 49.9 Å². The number of carbonyl (C=O) groups excluding carboxylic acids is 1. The smallest absolute Gasteiger partial charge is 0.346 e. The second-order valence-electron chi connectivity index (χ2n) is 9.02. The van der Waals surface area contributed by atoms with Gasteiger partial charge in [-0.1, -0.05) is 84.1 Å². The van der Waals surface area contributed by atoms with Gasteiger partial charge >= 0.3 is 5.97 Å². The molecule has 0 spiro atoms. The van der Waals surface area contributed by atoms with Crippen molar-refractivity contribution in [2.24, 2.45) is 0 Å². The number of esters is 1. The van der Waals surface area contributed by atoms with Crippen LogP contribution in [0.25, 0.3) is 0 Å². The Morgan fingerprint density at radius 2 is 1.37 bits per heavy atom. The number of hydrogen-bond donors (Lipinski definition) is 0. The molecule has 0 amide bonds. The van der Waals surface area contributed by atoms with Crippen molar-refractivity contribution in [1.82, 2.24) is 0 Å². The van der Waals surface area contributed by atoms with Gasteiger partial charge in [-0.05, 0) is 43.0 Å².